The van der Waals surface area contributed by atoms with Crippen molar-refractivity contribution in [1.29, 1.82) is 0 Å². The highest BCUT2D eigenvalue weighted by molar-refractivity contribution is 9.10. The summed E-state index contributed by atoms with van der Waals surface area (Å²) in [4.78, 5) is 9.57. The van der Waals surface area contributed by atoms with E-state index in [0.717, 1.165) is 10.6 Å². The topological polar surface area (TPSA) is 117 Å². The van der Waals surface area contributed by atoms with Crippen molar-refractivity contribution in [2.24, 2.45) is 3.77 Å². The zero-order valence-corrected chi connectivity index (χ0v) is 22.6. The molecule has 0 saturated carbocycles. The normalized spacial score (nSPS) is 13.9. The molecule has 0 bridgehead atoms. The molecular weight excluding hydrogens is 538 g/mol. The second-order valence-electron chi connectivity index (χ2n) is 8.32. The maximum atomic E-state index is 12.5. The number of sulfonamides is 1. The summed E-state index contributed by atoms with van der Waals surface area (Å²) in [6, 6.07) is 16.1. The molecule has 34 heavy (non-hydrogen) atoms. The van der Waals surface area contributed by atoms with E-state index in [9.17, 15) is 13.5 Å². The summed E-state index contributed by atoms with van der Waals surface area (Å²) in [6.07, 6.45) is 3.41. The van der Waals surface area contributed by atoms with Gasteiger partial charge >= 0.3 is 0 Å². The second-order valence-corrected chi connectivity index (χ2v) is 12.7. The first-order valence-corrected chi connectivity index (χ1v) is 14.5. The molecule has 0 aliphatic heterocycles. The minimum absolute atomic E-state index is 0.117. The second kappa shape index (κ2) is 10.9. The molecule has 3 rings (SSSR count). The maximum absolute atomic E-state index is 12.5. The van der Waals surface area contributed by atoms with Crippen molar-refractivity contribution in [2.75, 3.05) is 16.9 Å². The SMILES string of the molecule is C[C@@H](Nc1nc(Nc2ccc(S(C)=NS(=O)(=O)Cc3ccccc3)cc2)ncc1Br)C(C)(C)O. The Bertz CT molecular complexity index is 1260. The highest BCUT2D eigenvalue weighted by Crippen LogP contribution is 2.25. The molecule has 0 aliphatic rings. The van der Waals surface area contributed by atoms with Crippen LogP contribution in [0.25, 0.3) is 0 Å². The van der Waals surface area contributed by atoms with E-state index in [1.165, 1.54) is 0 Å². The smallest absolute Gasteiger partial charge is 0.263 e. The van der Waals surface area contributed by atoms with Crippen LogP contribution in [-0.2, 0) is 26.5 Å². The van der Waals surface area contributed by atoms with Crippen molar-refractivity contribution in [3.05, 3.63) is 70.8 Å². The Morgan fingerprint density at radius 2 is 1.79 bits per heavy atom. The lowest BCUT2D eigenvalue weighted by Gasteiger charge is -2.27. The number of aromatic nitrogens is 2. The number of anilines is 3. The van der Waals surface area contributed by atoms with Gasteiger partial charge in [-0.3, -0.25) is 0 Å². The van der Waals surface area contributed by atoms with Crippen molar-refractivity contribution in [3.63, 3.8) is 0 Å². The molecular formula is C23H28BrN5O3S2. The van der Waals surface area contributed by atoms with Gasteiger partial charge < -0.3 is 15.7 Å². The molecule has 0 aliphatic carbocycles. The van der Waals surface area contributed by atoms with Crippen LogP contribution in [0.2, 0.25) is 0 Å². The Morgan fingerprint density at radius 1 is 1.15 bits per heavy atom. The molecule has 1 heterocycles. The van der Waals surface area contributed by atoms with Gasteiger partial charge in [0.15, 0.2) is 0 Å². The minimum atomic E-state index is -3.60. The number of aliphatic hydroxyl groups is 1. The first-order chi connectivity index (χ1) is 15.9. The van der Waals surface area contributed by atoms with Gasteiger partial charge in [-0.1, -0.05) is 41.0 Å². The standard InChI is InChI=1S/C23H28BrN5O3S2/c1-16(23(2,3)30)26-21-20(24)14-25-22(28-21)27-18-10-12-19(13-11-18)33(4)29-34(31,32)15-17-8-6-5-7-9-17/h5-14,16,30H,15H2,1-4H3,(H2,25,26,27,28)/t16-,33?/m1/s1. The predicted molar refractivity (Wildman–Crippen MR) is 142 cm³/mol. The van der Waals surface area contributed by atoms with Crippen molar-refractivity contribution < 1.29 is 13.5 Å². The van der Waals surface area contributed by atoms with Crippen LogP contribution in [-0.4, -0.2) is 41.4 Å². The van der Waals surface area contributed by atoms with E-state index in [4.69, 9.17) is 0 Å². The molecule has 0 fully saturated rings. The highest BCUT2D eigenvalue weighted by Gasteiger charge is 2.23. The first kappa shape index (κ1) is 26.3. The quantitative estimate of drug-likeness (QED) is 0.338. The number of nitrogens with one attached hydrogen (secondary N) is 2. The van der Waals surface area contributed by atoms with Gasteiger partial charge in [0.25, 0.3) is 10.0 Å². The Hall–Kier alpha value is -2.34. The van der Waals surface area contributed by atoms with Gasteiger partial charge in [0.05, 0.1) is 21.9 Å². The van der Waals surface area contributed by atoms with Crippen LogP contribution in [0.1, 0.15) is 26.3 Å². The molecule has 2 atom stereocenters. The van der Waals surface area contributed by atoms with Crippen molar-refractivity contribution in [3.8, 4) is 0 Å². The Labute approximate surface area is 211 Å². The van der Waals surface area contributed by atoms with Crippen molar-refractivity contribution in [2.45, 2.75) is 43.1 Å². The summed E-state index contributed by atoms with van der Waals surface area (Å²) in [5.74, 6) is 0.821. The van der Waals surface area contributed by atoms with E-state index in [0.29, 0.717) is 21.8 Å². The predicted octanol–water partition coefficient (Wildman–Crippen LogP) is 4.87. The monoisotopic (exact) mass is 565 g/mol. The summed E-state index contributed by atoms with van der Waals surface area (Å²) in [6.45, 7) is 5.32. The van der Waals surface area contributed by atoms with Gasteiger partial charge in [-0.15, -0.1) is 3.77 Å². The maximum Gasteiger partial charge on any atom is 0.263 e. The molecule has 0 saturated heterocycles. The largest absolute Gasteiger partial charge is 0.388 e. The third kappa shape index (κ3) is 7.59. The molecule has 1 unspecified atom stereocenters. The van der Waals surface area contributed by atoms with E-state index in [2.05, 4.69) is 40.3 Å². The number of halogens is 1. The molecule has 1 aromatic heterocycles. The van der Waals surface area contributed by atoms with Crippen LogP contribution in [0, 0.1) is 0 Å². The third-order valence-electron chi connectivity index (χ3n) is 5.03. The van der Waals surface area contributed by atoms with E-state index in [1.807, 2.05) is 49.4 Å². The number of hydrogen-bond donors (Lipinski definition) is 3. The molecule has 3 aromatic rings. The van der Waals surface area contributed by atoms with Crippen LogP contribution in [0.15, 0.2) is 73.9 Å². The summed E-state index contributed by atoms with van der Waals surface area (Å²) in [7, 11) is -4.41. The van der Waals surface area contributed by atoms with Gasteiger partial charge in [0, 0.05) is 16.8 Å². The van der Waals surface area contributed by atoms with Crippen LogP contribution in [0.5, 0.6) is 0 Å². The number of hydrogen-bond acceptors (Lipinski definition) is 7. The lowest BCUT2D eigenvalue weighted by molar-refractivity contribution is 0.0647. The highest BCUT2D eigenvalue weighted by atomic mass is 79.9. The average Bonchev–Trinajstić information content (AvgIpc) is 2.76. The third-order valence-corrected chi connectivity index (χ3v) is 9.06. The zero-order valence-electron chi connectivity index (χ0n) is 19.4. The van der Waals surface area contributed by atoms with Gasteiger partial charge in [-0.05, 0) is 72.8 Å². The average molecular weight is 567 g/mol. The van der Waals surface area contributed by atoms with E-state index in [-0.39, 0.29) is 11.8 Å². The number of benzene rings is 2. The summed E-state index contributed by atoms with van der Waals surface area (Å²) in [5, 5.41) is 16.5. The molecule has 2 aromatic carbocycles. The van der Waals surface area contributed by atoms with E-state index < -0.39 is 26.3 Å². The molecule has 11 heteroatoms. The van der Waals surface area contributed by atoms with Gasteiger partial charge in [-0.25, -0.2) is 13.4 Å². The van der Waals surface area contributed by atoms with Gasteiger partial charge in [-0.2, -0.15) is 4.98 Å². The van der Waals surface area contributed by atoms with Crippen molar-refractivity contribution >= 4 is 54.1 Å². The molecule has 182 valence electrons. The molecule has 0 amide bonds. The van der Waals surface area contributed by atoms with Crippen LogP contribution in [0.3, 0.4) is 0 Å². The Kier molecular flexibility index (Phi) is 8.45. The van der Waals surface area contributed by atoms with Crippen LogP contribution >= 0.6 is 15.9 Å². The molecule has 0 spiro atoms. The fourth-order valence-electron chi connectivity index (χ4n) is 2.80. The van der Waals surface area contributed by atoms with E-state index in [1.54, 1.807) is 38.4 Å². The summed E-state index contributed by atoms with van der Waals surface area (Å²) in [5.41, 5.74) is 0.532. The summed E-state index contributed by atoms with van der Waals surface area (Å²) < 4.78 is 29.7. The lowest BCUT2D eigenvalue weighted by Crippen LogP contribution is -2.39. The Morgan fingerprint density at radius 3 is 2.41 bits per heavy atom. The van der Waals surface area contributed by atoms with Gasteiger partial charge in [0.1, 0.15) is 5.82 Å². The summed E-state index contributed by atoms with van der Waals surface area (Å²) >= 11 is 3.43. The fourth-order valence-corrected chi connectivity index (χ4v) is 6.17. The lowest BCUT2D eigenvalue weighted by atomic mass is 10.0. The minimum Gasteiger partial charge on any atom is -0.388 e. The fraction of sp³-hybridized carbons (Fsp3) is 0.304. The number of rotatable bonds is 9. The van der Waals surface area contributed by atoms with Crippen LogP contribution in [0.4, 0.5) is 17.5 Å². The Balaban J connectivity index is 1.71. The first-order valence-electron chi connectivity index (χ1n) is 10.5. The number of nitrogens with zero attached hydrogens (tertiary/aromatic N) is 3. The zero-order chi connectivity index (χ0) is 24.9. The van der Waals surface area contributed by atoms with Gasteiger partial charge in [0.2, 0.25) is 5.95 Å². The molecule has 8 nitrogen and oxygen atoms in total. The molecule has 0 radical (unpaired) electrons. The van der Waals surface area contributed by atoms with E-state index >= 15 is 0 Å². The van der Waals surface area contributed by atoms with Crippen LogP contribution < -0.4 is 10.6 Å². The molecule has 3 N–H and O–H groups in total. The van der Waals surface area contributed by atoms with Crippen molar-refractivity contribution in [1.82, 2.24) is 9.97 Å².